The molecule has 0 fully saturated rings. The first-order chi connectivity index (χ1) is 13.3. The summed E-state index contributed by atoms with van der Waals surface area (Å²) in [5.74, 6) is 0.0133. The van der Waals surface area contributed by atoms with Gasteiger partial charge in [-0.2, -0.15) is 0 Å². The van der Waals surface area contributed by atoms with Crippen LogP contribution in [-0.2, 0) is 16.0 Å². The van der Waals surface area contributed by atoms with E-state index < -0.39 is 11.7 Å². The van der Waals surface area contributed by atoms with Crippen LogP contribution in [0.25, 0.3) is 10.9 Å². The lowest BCUT2D eigenvalue weighted by Crippen LogP contribution is -2.26. The van der Waals surface area contributed by atoms with Crippen LogP contribution < -0.4 is 4.74 Å². The summed E-state index contributed by atoms with van der Waals surface area (Å²) >= 11 is 0. The Morgan fingerprint density at radius 2 is 1.71 bits per heavy atom. The molecule has 0 radical (unpaired) electrons. The molecule has 3 aromatic rings. The second-order valence-corrected chi connectivity index (χ2v) is 7.69. The topological polar surface area (TPSA) is 57.5 Å². The van der Waals surface area contributed by atoms with E-state index in [-0.39, 0.29) is 12.4 Å². The summed E-state index contributed by atoms with van der Waals surface area (Å²) in [7, 11) is 0. The van der Waals surface area contributed by atoms with Gasteiger partial charge in [-0.25, -0.2) is 9.36 Å². The smallest absolute Gasteiger partial charge is 0.419 e. The molecule has 1 aromatic heterocycles. The summed E-state index contributed by atoms with van der Waals surface area (Å²) in [5.41, 5.74) is 2.26. The zero-order valence-electron chi connectivity index (χ0n) is 16.7. The molecular formula is C23H25NO4. The van der Waals surface area contributed by atoms with E-state index in [2.05, 4.69) is 12.1 Å². The van der Waals surface area contributed by atoms with Gasteiger partial charge in [0.2, 0.25) is 0 Å². The number of fused-ring (bicyclic) bond motifs is 1. The first kappa shape index (κ1) is 19.7. The predicted octanol–water partition coefficient (Wildman–Crippen LogP) is 5.33. The third kappa shape index (κ3) is 4.60. The number of ether oxygens (including phenoxy) is 2. The lowest BCUT2D eigenvalue weighted by Gasteiger charge is -2.19. The fraction of sp³-hybridized carbons (Fsp3) is 0.304. The highest BCUT2D eigenvalue weighted by Gasteiger charge is 2.22. The first-order valence-corrected chi connectivity index (χ1v) is 9.39. The molecule has 28 heavy (non-hydrogen) atoms. The van der Waals surface area contributed by atoms with Crippen molar-refractivity contribution in [3.8, 4) is 5.75 Å². The van der Waals surface area contributed by atoms with Gasteiger partial charge in [0.15, 0.2) is 5.75 Å². The van der Waals surface area contributed by atoms with E-state index in [1.807, 2.05) is 57.2 Å². The molecule has 0 N–H and O–H groups in total. The molecule has 0 aliphatic heterocycles. The van der Waals surface area contributed by atoms with Crippen molar-refractivity contribution < 1.29 is 19.1 Å². The molecule has 5 nitrogen and oxygen atoms in total. The lowest BCUT2D eigenvalue weighted by atomic mass is 10.0. The monoisotopic (exact) mass is 379 g/mol. The van der Waals surface area contributed by atoms with Crippen molar-refractivity contribution in [3.05, 3.63) is 65.9 Å². The Kier molecular flexibility index (Phi) is 5.54. The fourth-order valence-corrected chi connectivity index (χ4v) is 2.93. The van der Waals surface area contributed by atoms with Gasteiger partial charge in [0.25, 0.3) is 0 Å². The van der Waals surface area contributed by atoms with Crippen molar-refractivity contribution in [2.45, 2.75) is 46.1 Å². The zero-order chi connectivity index (χ0) is 20.3. The molecule has 0 atom stereocenters. The van der Waals surface area contributed by atoms with Gasteiger partial charge in [0, 0.05) is 11.8 Å². The summed E-state index contributed by atoms with van der Waals surface area (Å²) in [6.45, 7) is 7.17. The lowest BCUT2D eigenvalue weighted by molar-refractivity contribution is -0.133. The summed E-state index contributed by atoms with van der Waals surface area (Å²) in [6, 6.07) is 15.9. The van der Waals surface area contributed by atoms with Gasteiger partial charge in [-0.3, -0.25) is 4.79 Å². The fourth-order valence-electron chi connectivity index (χ4n) is 2.93. The van der Waals surface area contributed by atoms with Gasteiger partial charge in [0.05, 0.1) is 11.7 Å². The average molecular weight is 379 g/mol. The van der Waals surface area contributed by atoms with Crippen LogP contribution in [0.15, 0.2) is 54.7 Å². The van der Waals surface area contributed by atoms with Crippen LogP contribution >= 0.6 is 0 Å². The van der Waals surface area contributed by atoms with E-state index in [1.54, 1.807) is 6.92 Å². The van der Waals surface area contributed by atoms with Gasteiger partial charge in [0.1, 0.15) is 5.60 Å². The SMILES string of the molecule is CCC(=O)Oc1cn(C(=O)OC(C)(C)C)c2ccc(Cc3ccccc3)cc12. The van der Waals surface area contributed by atoms with E-state index >= 15 is 0 Å². The third-order valence-electron chi connectivity index (χ3n) is 4.19. The van der Waals surface area contributed by atoms with Crippen LogP contribution in [0.4, 0.5) is 4.79 Å². The van der Waals surface area contributed by atoms with Crippen LogP contribution in [0.5, 0.6) is 5.75 Å². The van der Waals surface area contributed by atoms with Crippen LogP contribution in [-0.4, -0.2) is 22.2 Å². The molecule has 0 amide bonds. The quantitative estimate of drug-likeness (QED) is 0.575. The van der Waals surface area contributed by atoms with Gasteiger partial charge < -0.3 is 9.47 Å². The highest BCUT2D eigenvalue weighted by molar-refractivity contribution is 5.95. The summed E-state index contributed by atoms with van der Waals surface area (Å²) in [4.78, 5) is 24.5. The number of nitrogens with zero attached hydrogens (tertiary/aromatic N) is 1. The van der Waals surface area contributed by atoms with E-state index in [0.717, 1.165) is 12.0 Å². The maximum Gasteiger partial charge on any atom is 0.419 e. The molecule has 0 spiro atoms. The standard InChI is InChI=1S/C23H25NO4/c1-5-21(25)27-20-15-24(22(26)28-23(2,3)4)19-12-11-17(14-18(19)20)13-16-9-7-6-8-10-16/h6-12,14-15H,5,13H2,1-4H3. The number of esters is 1. The van der Waals surface area contributed by atoms with Crippen molar-refractivity contribution >= 4 is 23.0 Å². The normalized spacial score (nSPS) is 11.4. The molecule has 0 bridgehead atoms. The highest BCUT2D eigenvalue weighted by atomic mass is 16.6. The molecule has 5 heteroatoms. The molecule has 0 saturated heterocycles. The molecule has 146 valence electrons. The van der Waals surface area contributed by atoms with Crippen LogP contribution in [0.1, 0.15) is 45.2 Å². The average Bonchev–Trinajstić information content (AvgIpc) is 2.99. The van der Waals surface area contributed by atoms with Crippen molar-refractivity contribution in [2.75, 3.05) is 0 Å². The van der Waals surface area contributed by atoms with E-state index in [1.165, 1.54) is 16.3 Å². The molecular weight excluding hydrogens is 354 g/mol. The number of benzene rings is 2. The number of rotatable bonds is 4. The molecule has 3 rings (SSSR count). The Morgan fingerprint density at radius 3 is 2.36 bits per heavy atom. The number of aromatic nitrogens is 1. The van der Waals surface area contributed by atoms with E-state index in [0.29, 0.717) is 16.7 Å². The van der Waals surface area contributed by atoms with Crippen LogP contribution in [0, 0.1) is 0 Å². The first-order valence-electron chi connectivity index (χ1n) is 9.39. The summed E-state index contributed by atoms with van der Waals surface area (Å²) < 4.78 is 12.4. The molecule has 1 heterocycles. The Labute approximate surface area is 164 Å². The summed E-state index contributed by atoms with van der Waals surface area (Å²) in [6.07, 6.45) is 2.02. The van der Waals surface area contributed by atoms with Crippen LogP contribution in [0.3, 0.4) is 0 Å². The van der Waals surface area contributed by atoms with Gasteiger partial charge in [-0.05, 0) is 50.5 Å². The Morgan fingerprint density at radius 1 is 1.00 bits per heavy atom. The largest absolute Gasteiger partial charge is 0.443 e. The predicted molar refractivity (Wildman–Crippen MR) is 109 cm³/mol. The minimum absolute atomic E-state index is 0.253. The number of carbonyl (C=O) groups excluding carboxylic acids is 2. The van der Waals surface area contributed by atoms with Crippen molar-refractivity contribution in [3.63, 3.8) is 0 Å². The molecule has 2 aromatic carbocycles. The zero-order valence-corrected chi connectivity index (χ0v) is 16.7. The van der Waals surface area contributed by atoms with E-state index in [9.17, 15) is 9.59 Å². The van der Waals surface area contributed by atoms with E-state index in [4.69, 9.17) is 9.47 Å². The summed E-state index contributed by atoms with van der Waals surface area (Å²) in [5, 5.41) is 0.709. The van der Waals surface area contributed by atoms with Crippen LogP contribution in [0.2, 0.25) is 0 Å². The Balaban J connectivity index is 2.03. The molecule has 0 aliphatic rings. The van der Waals surface area contributed by atoms with Crippen molar-refractivity contribution in [2.24, 2.45) is 0 Å². The maximum atomic E-state index is 12.6. The maximum absolute atomic E-state index is 12.6. The van der Waals surface area contributed by atoms with Gasteiger partial charge in [-0.1, -0.05) is 43.3 Å². The number of carbonyl (C=O) groups is 2. The third-order valence-corrected chi connectivity index (χ3v) is 4.19. The Bertz CT molecular complexity index is 997. The molecule has 0 saturated carbocycles. The second-order valence-electron chi connectivity index (χ2n) is 7.69. The van der Waals surface area contributed by atoms with Crippen molar-refractivity contribution in [1.82, 2.24) is 4.57 Å². The van der Waals surface area contributed by atoms with Gasteiger partial charge >= 0.3 is 12.1 Å². The van der Waals surface area contributed by atoms with Gasteiger partial charge in [-0.15, -0.1) is 0 Å². The number of hydrogen-bond donors (Lipinski definition) is 0. The number of hydrogen-bond acceptors (Lipinski definition) is 4. The minimum Gasteiger partial charge on any atom is -0.443 e. The minimum atomic E-state index is -0.624. The highest BCUT2D eigenvalue weighted by Crippen LogP contribution is 2.31. The van der Waals surface area contributed by atoms with Crippen molar-refractivity contribution in [1.29, 1.82) is 0 Å². The second kappa shape index (κ2) is 7.89. The molecule has 0 aliphatic carbocycles. The molecule has 0 unspecified atom stereocenters. The Hall–Kier alpha value is -3.08.